The van der Waals surface area contributed by atoms with E-state index in [1.165, 1.54) is 0 Å². The molecule has 1 amide bonds. The Bertz CT molecular complexity index is 1210. The van der Waals surface area contributed by atoms with Crippen molar-refractivity contribution in [3.05, 3.63) is 72.6 Å². The second kappa shape index (κ2) is 8.16. The third-order valence-electron chi connectivity index (χ3n) is 4.64. The van der Waals surface area contributed by atoms with Crippen LogP contribution in [0.15, 0.2) is 67.0 Å². The number of ether oxygens (including phenoxy) is 1. The predicted octanol–water partition coefficient (Wildman–Crippen LogP) is 4.15. The fourth-order valence-electron chi connectivity index (χ4n) is 3.10. The number of para-hydroxylation sites is 1. The van der Waals surface area contributed by atoms with Crippen LogP contribution < -0.4 is 10.1 Å². The smallest absolute Gasteiger partial charge is 0.255 e. The first-order valence-electron chi connectivity index (χ1n) is 9.40. The Hall–Kier alpha value is -4.00. The molecule has 0 spiro atoms. The van der Waals surface area contributed by atoms with E-state index in [0.717, 1.165) is 16.5 Å². The van der Waals surface area contributed by atoms with Crippen molar-refractivity contribution in [2.75, 3.05) is 26.5 Å². The van der Waals surface area contributed by atoms with Crippen LogP contribution in [0, 0.1) is 0 Å². The molecule has 0 aliphatic carbocycles. The number of benzene rings is 2. The largest absolute Gasteiger partial charge is 0.497 e. The molecule has 2 aromatic carbocycles. The van der Waals surface area contributed by atoms with E-state index < -0.39 is 0 Å². The average molecular weight is 399 g/mol. The molecular weight excluding hydrogens is 378 g/mol. The number of carbonyl (C=O) groups is 1. The molecule has 1 N–H and O–H groups in total. The molecule has 0 aliphatic rings. The number of rotatable bonds is 5. The highest BCUT2D eigenvalue weighted by molar-refractivity contribution is 6.01. The SMILES string of the molecule is COc1ccc2nc(-c3cccnc3)nc(Nc3ccccc3C(=O)N(C)C)c2c1. The minimum Gasteiger partial charge on any atom is -0.497 e. The third-order valence-corrected chi connectivity index (χ3v) is 4.64. The quantitative estimate of drug-likeness (QED) is 0.543. The highest BCUT2D eigenvalue weighted by Crippen LogP contribution is 2.31. The van der Waals surface area contributed by atoms with Gasteiger partial charge >= 0.3 is 0 Å². The zero-order valence-electron chi connectivity index (χ0n) is 17.0. The van der Waals surface area contributed by atoms with E-state index in [4.69, 9.17) is 9.72 Å². The van der Waals surface area contributed by atoms with Crippen LogP contribution in [0.3, 0.4) is 0 Å². The van der Waals surface area contributed by atoms with Gasteiger partial charge in [-0.1, -0.05) is 12.1 Å². The van der Waals surface area contributed by atoms with Crippen LogP contribution in [0.5, 0.6) is 5.75 Å². The van der Waals surface area contributed by atoms with Gasteiger partial charge in [0.15, 0.2) is 5.82 Å². The van der Waals surface area contributed by atoms with Gasteiger partial charge in [-0.25, -0.2) is 9.97 Å². The number of fused-ring (bicyclic) bond motifs is 1. The molecule has 0 unspecified atom stereocenters. The van der Waals surface area contributed by atoms with Crippen molar-refractivity contribution in [1.82, 2.24) is 19.9 Å². The average Bonchev–Trinajstić information content (AvgIpc) is 2.79. The number of hydrogen-bond acceptors (Lipinski definition) is 6. The number of nitrogens with one attached hydrogen (secondary N) is 1. The number of carbonyl (C=O) groups excluding carboxylic acids is 1. The normalized spacial score (nSPS) is 10.6. The Balaban J connectivity index is 1.88. The zero-order valence-corrected chi connectivity index (χ0v) is 17.0. The molecule has 150 valence electrons. The lowest BCUT2D eigenvalue weighted by atomic mass is 10.1. The van der Waals surface area contributed by atoms with E-state index in [-0.39, 0.29) is 5.91 Å². The van der Waals surface area contributed by atoms with E-state index in [9.17, 15) is 4.79 Å². The van der Waals surface area contributed by atoms with Crippen LogP contribution in [0.1, 0.15) is 10.4 Å². The van der Waals surface area contributed by atoms with E-state index in [1.54, 1.807) is 44.6 Å². The fourth-order valence-corrected chi connectivity index (χ4v) is 3.10. The van der Waals surface area contributed by atoms with E-state index in [2.05, 4.69) is 15.3 Å². The van der Waals surface area contributed by atoms with Gasteiger partial charge < -0.3 is 15.0 Å². The Morgan fingerprint density at radius 3 is 2.60 bits per heavy atom. The number of aromatic nitrogens is 3. The van der Waals surface area contributed by atoms with Crippen molar-refractivity contribution in [1.29, 1.82) is 0 Å². The summed E-state index contributed by atoms with van der Waals surface area (Å²) in [7, 11) is 5.07. The fraction of sp³-hybridized carbons (Fsp3) is 0.130. The van der Waals surface area contributed by atoms with Gasteiger partial charge in [-0.3, -0.25) is 9.78 Å². The first-order chi connectivity index (χ1) is 14.6. The number of nitrogens with zero attached hydrogens (tertiary/aromatic N) is 4. The highest BCUT2D eigenvalue weighted by atomic mass is 16.5. The lowest BCUT2D eigenvalue weighted by molar-refractivity contribution is 0.0828. The molecular formula is C23H21N5O2. The van der Waals surface area contributed by atoms with Crippen molar-refractivity contribution >= 4 is 28.3 Å². The zero-order chi connectivity index (χ0) is 21.1. The molecule has 7 nitrogen and oxygen atoms in total. The molecule has 0 fully saturated rings. The maximum Gasteiger partial charge on any atom is 0.255 e. The van der Waals surface area contributed by atoms with Crippen LogP contribution in [-0.4, -0.2) is 47.0 Å². The number of amides is 1. The van der Waals surface area contributed by atoms with Crippen LogP contribution in [0.4, 0.5) is 11.5 Å². The monoisotopic (exact) mass is 399 g/mol. The number of hydrogen-bond donors (Lipinski definition) is 1. The Morgan fingerprint density at radius 2 is 1.87 bits per heavy atom. The maximum atomic E-state index is 12.6. The Labute approximate surface area is 174 Å². The van der Waals surface area contributed by atoms with Gasteiger partial charge in [-0.05, 0) is 42.5 Å². The number of anilines is 2. The van der Waals surface area contributed by atoms with Gasteiger partial charge in [0.05, 0.1) is 23.9 Å². The molecule has 2 heterocycles. The lowest BCUT2D eigenvalue weighted by Gasteiger charge is -2.16. The van der Waals surface area contributed by atoms with Gasteiger partial charge in [0.2, 0.25) is 0 Å². The minimum atomic E-state index is -0.0958. The summed E-state index contributed by atoms with van der Waals surface area (Å²) in [6.07, 6.45) is 3.43. The summed E-state index contributed by atoms with van der Waals surface area (Å²) in [5.41, 5.74) is 2.77. The van der Waals surface area contributed by atoms with Crippen molar-refractivity contribution in [2.45, 2.75) is 0 Å². The van der Waals surface area contributed by atoms with Crippen molar-refractivity contribution < 1.29 is 9.53 Å². The van der Waals surface area contributed by atoms with Crippen LogP contribution in [0.2, 0.25) is 0 Å². The van der Waals surface area contributed by atoms with E-state index >= 15 is 0 Å². The third kappa shape index (κ3) is 3.77. The second-order valence-corrected chi connectivity index (χ2v) is 6.89. The Kier molecular flexibility index (Phi) is 5.26. The van der Waals surface area contributed by atoms with Gasteiger partial charge in [0, 0.05) is 37.4 Å². The molecule has 0 aliphatic heterocycles. The maximum absolute atomic E-state index is 12.6. The summed E-state index contributed by atoms with van der Waals surface area (Å²) in [6.45, 7) is 0. The Morgan fingerprint density at radius 1 is 1.03 bits per heavy atom. The molecule has 7 heteroatoms. The van der Waals surface area contributed by atoms with Crippen molar-refractivity contribution in [3.63, 3.8) is 0 Å². The minimum absolute atomic E-state index is 0.0958. The molecule has 4 rings (SSSR count). The summed E-state index contributed by atoms with van der Waals surface area (Å²) in [5, 5.41) is 4.12. The lowest BCUT2D eigenvalue weighted by Crippen LogP contribution is -2.22. The van der Waals surface area contributed by atoms with Crippen molar-refractivity contribution in [2.24, 2.45) is 0 Å². The summed E-state index contributed by atoms with van der Waals surface area (Å²) in [5.74, 6) is 1.72. The second-order valence-electron chi connectivity index (χ2n) is 6.89. The number of methoxy groups -OCH3 is 1. The van der Waals surface area contributed by atoms with Gasteiger partial charge in [-0.2, -0.15) is 0 Å². The molecule has 4 aromatic rings. The molecule has 30 heavy (non-hydrogen) atoms. The first-order valence-corrected chi connectivity index (χ1v) is 9.40. The summed E-state index contributed by atoms with van der Waals surface area (Å²) < 4.78 is 5.38. The molecule has 0 atom stereocenters. The molecule has 2 aromatic heterocycles. The standard InChI is InChI=1S/C23H21N5O2/c1-28(2)23(29)17-8-4-5-9-19(17)26-22-18-13-16(30-3)10-11-20(18)25-21(27-22)15-7-6-12-24-14-15/h4-14H,1-3H3,(H,25,26,27). The topological polar surface area (TPSA) is 80.2 Å². The van der Waals surface area contributed by atoms with E-state index in [1.807, 2.05) is 48.5 Å². The first kappa shape index (κ1) is 19.3. The summed E-state index contributed by atoms with van der Waals surface area (Å²) in [6, 6.07) is 16.7. The van der Waals surface area contributed by atoms with Gasteiger partial charge in [0.1, 0.15) is 11.6 Å². The molecule has 0 radical (unpaired) electrons. The molecule has 0 bridgehead atoms. The number of pyridine rings is 1. The van der Waals surface area contributed by atoms with E-state index in [0.29, 0.717) is 28.6 Å². The predicted molar refractivity (Wildman–Crippen MR) is 117 cm³/mol. The van der Waals surface area contributed by atoms with Gasteiger partial charge in [-0.15, -0.1) is 0 Å². The van der Waals surface area contributed by atoms with Crippen LogP contribution in [0.25, 0.3) is 22.3 Å². The molecule has 0 saturated carbocycles. The summed E-state index contributed by atoms with van der Waals surface area (Å²) >= 11 is 0. The summed E-state index contributed by atoms with van der Waals surface area (Å²) in [4.78, 5) is 27.8. The van der Waals surface area contributed by atoms with Crippen LogP contribution >= 0.6 is 0 Å². The van der Waals surface area contributed by atoms with Crippen molar-refractivity contribution in [3.8, 4) is 17.1 Å². The van der Waals surface area contributed by atoms with Gasteiger partial charge in [0.25, 0.3) is 5.91 Å². The van der Waals surface area contributed by atoms with Crippen LogP contribution in [-0.2, 0) is 0 Å². The molecule has 0 saturated heterocycles. The highest BCUT2D eigenvalue weighted by Gasteiger charge is 2.16.